The molecule has 1 aromatic heterocycles. The maximum atomic E-state index is 13.8. The molecule has 164 valence electrons. The van der Waals surface area contributed by atoms with Gasteiger partial charge in [0.2, 0.25) is 11.8 Å². The van der Waals surface area contributed by atoms with Gasteiger partial charge in [0, 0.05) is 25.5 Å². The van der Waals surface area contributed by atoms with Crippen molar-refractivity contribution in [1.82, 2.24) is 15.2 Å². The van der Waals surface area contributed by atoms with Crippen molar-refractivity contribution in [2.45, 2.75) is 49.4 Å². The fourth-order valence-corrected chi connectivity index (χ4v) is 4.18. The van der Waals surface area contributed by atoms with Crippen LogP contribution >= 0.6 is 0 Å². The summed E-state index contributed by atoms with van der Waals surface area (Å²) in [6.07, 6.45) is -1.83. The van der Waals surface area contributed by atoms with Gasteiger partial charge in [0.05, 0.1) is 18.3 Å². The molecule has 1 aliphatic heterocycles. The van der Waals surface area contributed by atoms with Crippen LogP contribution in [-0.2, 0) is 4.79 Å². The van der Waals surface area contributed by atoms with Crippen LogP contribution in [0.4, 0.5) is 18.0 Å². The van der Waals surface area contributed by atoms with Crippen molar-refractivity contribution in [2.24, 2.45) is 0 Å². The molecule has 1 saturated carbocycles. The highest BCUT2D eigenvalue weighted by molar-refractivity contribution is 5.86. The number of alkyl halides is 3. The van der Waals surface area contributed by atoms with Crippen LogP contribution < -0.4 is 5.32 Å². The van der Waals surface area contributed by atoms with Gasteiger partial charge in [-0.15, -0.1) is 0 Å². The number of carbonyl (C=O) groups excluding carboxylic acids is 1. The van der Waals surface area contributed by atoms with Gasteiger partial charge in [-0.1, -0.05) is 36.4 Å². The maximum Gasteiger partial charge on any atom is 0.408 e. The summed E-state index contributed by atoms with van der Waals surface area (Å²) in [4.78, 5) is 29.4. The first-order valence-electron chi connectivity index (χ1n) is 10.1. The molecule has 6 nitrogen and oxygen atoms in total. The topological polar surface area (TPSA) is 82.5 Å². The summed E-state index contributed by atoms with van der Waals surface area (Å²) in [6.45, 7) is -0.345. The molecular formula is C22H22F3N3O3. The quantitative estimate of drug-likeness (QED) is 0.750. The Bertz CT molecular complexity index is 947. The van der Waals surface area contributed by atoms with Gasteiger partial charge >= 0.3 is 6.09 Å². The normalized spacial score (nSPS) is 23.8. The molecule has 0 spiro atoms. The summed E-state index contributed by atoms with van der Waals surface area (Å²) in [6, 6.07) is 10.5. The highest BCUT2D eigenvalue weighted by Gasteiger charge is 2.46. The van der Waals surface area contributed by atoms with Crippen LogP contribution in [-0.4, -0.2) is 51.7 Å². The van der Waals surface area contributed by atoms with Crippen molar-refractivity contribution in [3.05, 3.63) is 65.5 Å². The number of carboxylic acid groups (broad SMARTS) is 1. The number of nitrogens with one attached hydrogen (secondary N) is 1. The van der Waals surface area contributed by atoms with Crippen molar-refractivity contribution >= 4 is 12.0 Å². The number of halogens is 3. The second kappa shape index (κ2) is 8.20. The second-order valence-corrected chi connectivity index (χ2v) is 8.11. The molecule has 0 bridgehead atoms. The second-order valence-electron chi connectivity index (χ2n) is 8.11. The predicted octanol–water partition coefficient (Wildman–Crippen LogP) is 3.89. The molecule has 1 saturated heterocycles. The van der Waals surface area contributed by atoms with Gasteiger partial charge in [0.15, 0.2) is 0 Å². The maximum absolute atomic E-state index is 13.8. The van der Waals surface area contributed by atoms with Crippen LogP contribution in [0, 0.1) is 0 Å². The zero-order chi connectivity index (χ0) is 22.2. The molecule has 2 aliphatic rings. The van der Waals surface area contributed by atoms with Crippen LogP contribution in [0.3, 0.4) is 0 Å². The van der Waals surface area contributed by atoms with Crippen LogP contribution in [0.2, 0.25) is 0 Å². The summed E-state index contributed by atoms with van der Waals surface area (Å²) in [7, 11) is 0. The standard InChI is InChI=1S/C22H22F3N3O3/c23-16-8-18(28(12-16)21(30)31)20(29)27-19(13-4-2-1-3-5-13)17-7-6-14(11-26-17)15-9-22(24,25)10-15/h1-7,11,15-16,18-19H,8-10,12H2,(H,27,29)(H,30,31)/t16?,18?,19-/m0/s1. The Kier molecular flexibility index (Phi) is 5.60. The fraction of sp³-hybridized carbons (Fsp3) is 0.409. The highest BCUT2D eigenvalue weighted by atomic mass is 19.3. The van der Waals surface area contributed by atoms with E-state index >= 15 is 0 Å². The molecule has 9 heteroatoms. The van der Waals surface area contributed by atoms with Gasteiger partial charge in [-0.3, -0.25) is 14.7 Å². The molecule has 1 aromatic carbocycles. The minimum absolute atomic E-state index is 0.204. The lowest BCUT2D eigenvalue weighted by Gasteiger charge is -2.35. The Balaban J connectivity index is 1.56. The number of hydrogen-bond acceptors (Lipinski definition) is 3. The minimum atomic E-state index is -2.63. The molecule has 2 heterocycles. The number of pyridine rings is 1. The first kappa shape index (κ1) is 21.1. The van der Waals surface area contributed by atoms with Crippen molar-refractivity contribution in [3.63, 3.8) is 0 Å². The van der Waals surface area contributed by atoms with E-state index in [-0.39, 0.29) is 31.7 Å². The molecule has 2 unspecified atom stereocenters. The molecule has 2 aromatic rings. The first-order chi connectivity index (χ1) is 14.7. The molecule has 4 rings (SSSR count). The Hall–Kier alpha value is -3.10. The third kappa shape index (κ3) is 4.50. The Morgan fingerprint density at radius 2 is 1.87 bits per heavy atom. The van der Waals surface area contributed by atoms with Gasteiger partial charge in [0.25, 0.3) is 0 Å². The lowest BCUT2D eigenvalue weighted by atomic mass is 9.77. The fourth-order valence-electron chi connectivity index (χ4n) is 4.18. The zero-order valence-corrected chi connectivity index (χ0v) is 16.5. The van der Waals surface area contributed by atoms with E-state index in [0.717, 1.165) is 4.90 Å². The predicted molar refractivity (Wildman–Crippen MR) is 106 cm³/mol. The van der Waals surface area contributed by atoms with E-state index in [1.54, 1.807) is 36.4 Å². The lowest BCUT2D eigenvalue weighted by molar-refractivity contribution is -0.125. The summed E-state index contributed by atoms with van der Waals surface area (Å²) >= 11 is 0. The minimum Gasteiger partial charge on any atom is -0.465 e. The monoisotopic (exact) mass is 433 g/mol. The lowest BCUT2D eigenvalue weighted by Crippen LogP contribution is -2.46. The molecule has 31 heavy (non-hydrogen) atoms. The van der Waals surface area contributed by atoms with Gasteiger partial charge in [-0.25, -0.2) is 18.0 Å². The average molecular weight is 433 g/mol. The largest absolute Gasteiger partial charge is 0.465 e. The first-order valence-corrected chi connectivity index (χ1v) is 10.1. The van der Waals surface area contributed by atoms with Crippen molar-refractivity contribution < 1.29 is 27.9 Å². The Morgan fingerprint density at radius 1 is 1.16 bits per heavy atom. The highest BCUT2D eigenvalue weighted by Crippen LogP contribution is 2.48. The van der Waals surface area contributed by atoms with E-state index in [2.05, 4.69) is 10.3 Å². The summed E-state index contributed by atoms with van der Waals surface area (Å²) in [5, 5.41) is 12.1. The SMILES string of the molecule is O=C(N[C@@H](c1ccccc1)c1ccc(C2CC(F)(F)C2)cn1)C1CC(F)CN1C(=O)O. The van der Waals surface area contributed by atoms with E-state index in [9.17, 15) is 27.9 Å². The molecule has 3 atom stereocenters. The smallest absolute Gasteiger partial charge is 0.408 e. The van der Waals surface area contributed by atoms with E-state index in [4.69, 9.17) is 0 Å². The number of rotatable bonds is 5. The average Bonchev–Trinajstić information content (AvgIpc) is 3.13. The Labute approximate surface area is 177 Å². The third-order valence-corrected chi connectivity index (χ3v) is 5.88. The molecular weight excluding hydrogens is 411 g/mol. The van der Waals surface area contributed by atoms with Crippen molar-refractivity contribution in [1.29, 1.82) is 0 Å². The van der Waals surface area contributed by atoms with Crippen molar-refractivity contribution in [3.8, 4) is 0 Å². The van der Waals surface area contributed by atoms with Gasteiger partial charge in [0.1, 0.15) is 12.2 Å². The van der Waals surface area contributed by atoms with Crippen LogP contribution in [0.1, 0.15) is 48.0 Å². The van der Waals surface area contributed by atoms with Gasteiger partial charge < -0.3 is 10.4 Å². The number of likely N-dealkylation sites (tertiary alicyclic amines) is 1. The zero-order valence-electron chi connectivity index (χ0n) is 16.5. The molecule has 0 radical (unpaired) electrons. The van der Waals surface area contributed by atoms with Gasteiger partial charge in [-0.05, 0) is 23.1 Å². The summed E-state index contributed by atoms with van der Waals surface area (Å²) in [5.41, 5.74) is 1.90. The molecule has 2 N–H and O–H groups in total. The van der Waals surface area contributed by atoms with E-state index in [1.807, 2.05) is 6.07 Å². The van der Waals surface area contributed by atoms with E-state index < -0.39 is 36.2 Å². The van der Waals surface area contributed by atoms with Crippen LogP contribution in [0.25, 0.3) is 0 Å². The number of benzene rings is 1. The van der Waals surface area contributed by atoms with E-state index in [1.165, 1.54) is 6.20 Å². The summed E-state index contributed by atoms with van der Waals surface area (Å²) < 4.78 is 40.1. The molecule has 2 fully saturated rings. The van der Waals surface area contributed by atoms with Crippen molar-refractivity contribution in [2.75, 3.05) is 6.54 Å². The molecule has 1 aliphatic carbocycles. The van der Waals surface area contributed by atoms with Gasteiger partial charge in [-0.2, -0.15) is 0 Å². The molecule has 2 amide bonds. The number of nitrogens with zero attached hydrogens (tertiary/aromatic N) is 2. The number of hydrogen-bond donors (Lipinski definition) is 2. The third-order valence-electron chi connectivity index (χ3n) is 5.88. The van der Waals surface area contributed by atoms with E-state index in [0.29, 0.717) is 16.8 Å². The number of carbonyl (C=O) groups is 2. The Morgan fingerprint density at radius 3 is 2.45 bits per heavy atom. The summed E-state index contributed by atoms with van der Waals surface area (Å²) in [5.74, 6) is -3.48. The number of amides is 2. The van der Waals surface area contributed by atoms with Crippen LogP contribution in [0.15, 0.2) is 48.7 Å². The number of aromatic nitrogens is 1. The van der Waals surface area contributed by atoms with Crippen LogP contribution in [0.5, 0.6) is 0 Å².